The molecule has 172 valence electrons. The summed E-state index contributed by atoms with van der Waals surface area (Å²) in [6, 6.07) is 5.48. The minimum absolute atomic E-state index is 0.0126. The predicted octanol–water partition coefficient (Wildman–Crippen LogP) is 4.38. The number of nitrogens with zero attached hydrogens (tertiary/aromatic N) is 4. The second-order valence-corrected chi connectivity index (χ2v) is 7.59. The first-order valence-electron chi connectivity index (χ1n) is 11.2. The maximum Gasteiger partial charge on any atom is 0.321 e. The molecule has 9 nitrogen and oxygen atoms in total. The van der Waals surface area contributed by atoms with Gasteiger partial charge in [-0.3, -0.25) is 0 Å². The number of aromatic amines is 1. The molecule has 2 unspecified atom stereocenters. The lowest BCUT2D eigenvalue weighted by Gasteiger charge is -2.18. The highest BCUT2D eigenvalue weighted by molar-refractivity contribution is 5.89. The van der Waals surface area contributed by atoms with Gasteiger partial charge in [0, 0.05) is 32.4 Å². The molecule has 1 aliphatic carbocycles. The number of rotatable bonds is 3. The summed E-state index contributed by atoms with van der Waals surface area (Å²) in [6.45, 7) is 5.81. The minimum atomic E-state index is -0.0126. The van der Waals surface area contributed by atoms with Gasteiger partial charge >= 0.3 is 6.03 Å². The first-order chi connectivity index (χ1) is 15.7. The summed E-state index contributed by atoms with van der Waals surface area (Å²) in [5.41, 5.74) is 1.58. The van der Waals surface area contributed by atoms with Crippen LogP contribution in [0.25, 0.3) is 11.0 Å². The number of pyridine rings is 1. The summed E-state index contributed by atoms with van der Waals surface area (Å²) in [4.78, 5) is 29.3. The number of hydrogen-bond acceptors (Lipinski definition) is 6. The molecule has 0 aromatic carbocycles. The Labute approximate surface area is 189 Å². The lowest BCUT2D eigenvalue weighted by Crippen LogP contribution is -2.33. The van der Waals surface area contributed by atoms with Gasteiger partial charge in [0.1, 0.15) is 17.8 Å². The number of ether oxygens (including phenoxy) is 1. The van der Waals surface area contributed by atoms with Gasteiger partial charge in [-0.05, 0) is 36.8 Å². The van der Waals surface area contributed by atoms with Crippen LogP contribution in [-0.4, -0.2) is 58.1 Å². The third-order valence-corrected chi connectivity index (χ3v) is 5.80. The Hall–Kier alpha value is -3.36. The van der Waals surface area contributed by atoms with Gasteiger partial charge in [-0.2, -0.15) is 0 Å². The van der Waals surface area contributed by atoms with Crippen LogP contribution in [-0.2, 0) is 0 Å². The van der Waals surface area contributed by atoms with Gasteiger partial charge < -0.3 is 25.3 Å². The van der Waals surface area contributed by atoms with Crippen molar-refractivity contribution in [1.82, 2.24) is 24.8 Å². The van der Waals surface area contributed by atoms with E-state index in [1.807, 2.05) is 38.1 Å². The molecule has 3 aromatic rings. The zero-order valence-electron chi connectivity index (χ0n) is 19.3. The number of hydrogen-bond donors (Lipinski definition) is 3. The van der Waals surface area contributed by atoms with E-state index >= 15 is 0 Å². The number of carbonyl (C=O) groups is 1. The van der Waals surface area contributed by atoms with Gasteiger partial charge in [0.25, 0.3) is 0 Å². The smallest absolute Gasteiger partial charge is 0.321 e. The van der Waals surface area contributed by atoms with E-state index in [4.69, 9.17) is 4.74 Å². The van der Waals surface area contributed by atoms with E-state index < -0.39 is 0 Å². The standard InChI is InChI=1S/C14H19N3O2.C7H8N4.C2H6/c1-19-13-6-5-12(7-15-13)16-14(18)17-8-10-3-2-4-11(10)9-17;1-8-6-5-2-3-9-7(5)11-4-10-6;1-2/h5-7,10-11H,2-4,8-9H2,1H3,(H,16,18);2-4H,1H3,(H2,8,9,10,11);1-2H3. The number of H-pyrrole nitrogens is 1. The van der Waals surface area contributed by atoms with Crippen molar-refractivity contribution >= 4 is 28.6 Å². The van der Waals surface area contributed by atoms with Crippen molar-refractivity contribution in [2.45, 2.75) is 33.1 Å². The molecule has 0 spiro atoms. The number of urea groups is 1. The van der Waals surface area contributed by atoms with Gasteiger partial charge in [0.05, 0.1) is 24.4 Å². The SMILES string of the molecule is CC.CNc1ncnc2[nH]ccc12.COc1ccc(NC(=O)N2CC3CCCC3C2)cn1. The summed E-state index contributed by atoms with van der Waals surface area (Å²) in [5, 5.41) is 6.90. The van der Waals surface area contributed by atoms with Gasteiger partial charge in [-0.25, -0.2) is 19.7 Å². The van der Waals surface area contributed by atoms with Crippen LogP contribution in [0.1, 0.15) is 33.1 Å². The average Bonchev–Trinajstić information content (AvgIpc) is 3.57. The zero-order valence-corrected chi connectivity index (χ0v) is 19.3. The second-order valence-electron chi connectivity index (χ2n) is 7.59. The number of nitrogens with one attached hydrogen (secondary N) is 3. The first-order valence-corrected chi connectivity index (χ1v) is 11.2. The predicted molar refractivity (Wildman–Crippen MR) is 127 cm³/mol. The fourth-order valence-electron chi connectivity index (χ4n) is 4.25. The van der Waals surface area contributed by atoms with Crippen molar-refractivity contribution in [2.24, 2.45) is 11.8 Å². The Bertz CT molecular complexity index is 977. The Morgan fingerprint density at radius 3 is 2.50 bits per heavy atom. The van der Waals surface area contributed by atoms with Crippen molar-refractivity contribution in [3.05, 3.63) is 36.9 Å². The molecule has 1 saturated carbocycles. The summed E-state index contributed by atoms with van der Waals surface area (Å²) in [6.07, 6.45) is 8.88. The Morgan fingerprint density at radius 1 is 1.12 bits per heavy atom. The van der Waals surface area contributed by atoms with E-state index in [0.717, 1.165) is 41.8 Å². The third kappa shape index (κ3) is 5.46. The topological polar surface area (TPSA) is 108 Å². The van der Waals surface area contributed by atoms with Crippen LogP contribution in [0.3, 0.4) is 0 Å². The summed E-state index contributed by atoms with van der Waals surface area (Å²) >= 11 is 0. The quantitative estimate of drug-likeness (QED) is 0.559. The van der Waals surface area contributed by atoms with Crippen molar-refractivity contribution in [3.8, 4) is 5.88 Å². The van der Waals surface area contributed by atoms with Crippen LogP contribution in [0.15, 0.2) is 36.9 Å². The summed E-state index contributed by atoms with van der Waals surface area (Å²) in [5.74, 6) is 2.85. The number of fused-ring (bicyclic) bond motifs is 2. The molecule has 4 heterocycles. The molecule has 1 saturated heterocycles. The maximum atomic E-state index is 12.2. The van der Waals surface area contributed by atoms with Crippen molar-refractivity contribution < 1.29 is 9.53 Å². The highest BCUT2D eigenvalue weighted by Gasteiger charge is 2.37. The summed E-state index contributed by atoms with van der Waals surface area (Å²) in [7, 11) is 3.42. The third-order valence-electron chi connectivity index (χ3n) is 5.80. The number of aromatic nitrogens is 4. The second kappa shape index (κ2) is 11.3. The molecule has 3 aromatic heterocycles. The van der Waals surface area contributed by atoms with E-state index in [1.54, 1.807) is 25.4 Å². The minimum Gasteiger partial charge on any atom is -0.481 e. The van der Waals surface area contributed by atoms with Gasteiger partial charge in [-0.1, -0.05) is 20.3 Å². The number of carbonyl (C=O) groups excluding carboxylic acids is 1. The molecule has 2 amide bonds. The van der Waals surface area contributed by atoms with E-state index in [-0.39, 0.29) is 6.03 Å². The van der Waals surface area contributed by atoms with Crippen LogP contribution >= 0.6 is 0 Å². The first kappa shape index (κ1) is 23.3. The van der Waals surface area contributed by atoms with Crippen LogP contribution in [0.4, 0.5) is 16.3 Å². The Kier molecular flexibility index (Phi) is 8.24. The van der Waals surface area contributed by atoms with Crippen molar-refractivity contribution in [1.29, 1.82) is 0 Å². The molecule has 9 heteroatoms. The number of methoxy groups -OCH3 is 1. The zero-order chi connectivity index (χ0) is 22.9. The molecule has 0 bridgehead atoms. The van der Waals surface area contributed by atoms with Crippen LogP contribution in [0.5, 0.6) is 5.88 Å². The molecule has 2 fully saturated rings. The molecular formula is C23H33N7O2. The molecule has 5 rings (SSSR count). The lowest BCUT2D eigenvalue weighted by molar-refractivity contribution is 0.219. The molecule has 2 atom stereocenters. The lowest BCUT2D eigenvalue weighted by atomic mass is 10.0. The average molecular weight is 440 g/mol. The highest BCUT2D eigenvalue weighted by Crippen LogP contribution is 2.37. The fourth-order valence-corrected chi connectivity index (χ4v) is 4.25. The molecule has 3 N–H and O–H groups in total. The van der Waals surface area contributed by atoms with Crippen LogP contribution in [0.2, 0.25) is 0 Å². The van der Waals surface area contributed by atoms with E-state index in [1.165, 1.54) is 25.6 Å². The van der Waals surface area contributed by atoms with E-state index in [9.17, 15) is 4.79 Å². The maximum absolute atomic E-state index is 12.2. The Morgan fingerprint density at radius 2 is 1.88 bits per heavy atom. The van der Waals surface area contributed by atoms with E-state index in [2.05, 4.69) is 30.6 Å². The Balaban J connectivity index is 0.000000189. The number of likely N-dealkylation sites (tertiary alicyclic amines) is 1. The molecule has 1 aliphatic heterocycles. The number of amides is 2. The fraction of sp³-hybridized carbons (Fsp3) is 0.478. The van der Waals surface area contributed by atoms with Gasteiger partial charge in [-0.15, -0.1) is 0 Å². The van der Waals surface area contributed by atoms with Gasteiger partial charge in [0.15, 0.2) is 0 Å². The van der Waals surface area contributed by atoms with Crippen molar-refractivity contribution in [2.75, 3.05) is 37.9 Å². The monoisotopic (exact) mass is 439 g/mol. The molecule has 0 radical (unpaired) electrons. The van der Waals surface area contributed by atoms with Crippen molar-refractivity contribution in [3.63, 3.8) is 0 Å². The highest BCUT2D eigenvalue weighted by atomic mass is 16.5. The van der Waals surface area contributed by atoms with Crippen LogP contribution < -0.4 is 15.4 Å². The number of anilines is 2. The largest absolute Gasteiger partial charge is 0.481 e. The molecular weight excluding hydrogens is 406 g/mol. The summed E-state index contributed by atoms with van der Waals surface area (Å²) < 4.78 is 4.99. The van der Waals surface area contributed by atoms with E-state index in [0.29, 0.717) is 11.6 Å². The molecule has 32 heavy (non-hydrogen) atoms. The normalized spacial score (nSPS) is 18.7. The van der Waals surface area contributed by atoms with Gasteiger partial charge in [0.2, 0.25) is 5.88 Å². The van der Waals surface area contributed by atoms with Crippen LogP contribution in [0, 0.1) is 11.8 Å². The molecule has 2 aliphatic rings.